The number of piperidine rings is 1. The van der Waals surface area contributed by atoms with E-state index in [4.69, 9.17) is 9.47 Å². The molecule has 1 fully saturated rings. The van der Waals surface area contributed by atoms with Crippen molar-refractivity contribution in [3.8, 4) is 0 Å². The SMILES string of the molecule is CC(=O)O[C@@H]1CCCN(C(=O)OCc2ccccc2)[C@H]1CC(=O)C(C)(C)C. The summed E-state index contributed by atoms with van der Waals surface area (Å²) in [6.07, 6.45) is 0.485. The Morgan fingerprint density at radius 3 is 2.41 bits per heavy atom. The molecule has 0 spiro atoms. The molecular formula is C21H29NO5. The molecule has 0 radical (unpaired) electrons. The van der Waals surface area contributed by atoms with Gasteiger partial charge in [0, 0.05) is 25.3 Å². The van der Waals surface area contributed by atoms with Crippen molar-refractivity contribution in [3.63, 3.8) is 0 Å². The number of carbonyl (C=O) groups excluding carboxylic acids is 3. The summed E-state index contributed by atoms with van der Waals surface area (Å²) >= 11 is 0. The Bertz CT molecular complexity index is 665. The highest BCUT2D eigenvalue weighted by atomic mass is 16.6. The highest BCUT2D eigenvalue weighted by Crippen LogP contribution is 2.28. The second kappa shape index (κ2) is 9.02. The number of benzene rings is 1. The smallest absolute Gasteiger partial charge is 0.410 e. The fourth-order valence-corrected chi connectivity index (χ4v) is 3.14. The van der Waals surface area contributed by atoms with E-state index >= 15 is 0 Å². The number of hydrogen-bond acceptors (Lipinski definition) is 5. The predicted molar refractivity (Wildman–Crippen MR) is 101 cm³/mol. The van der Waals surface area contributed by atoms with E-state index in [1.54, 1.807) is 4.90 Å². The van der Waals surface area contributed by atoms with E-state index in [1.165, 1.54) is 6.92 Å². The minimum Gasteiger partial charge on any atom is -0.460 e. The van der Waals surface area contributed by atoms with Crippen molar-refractivity contribution >= 4 is 17.8 Å². The first kappa shape index (κ1) is 20.9. The Morgan fingerprint density at radius 1 is 1.15 bits per heavy atom. The molecule has 0 unspecified atom stereocenters. The maximum Gasteiger partial charge on any atom is 0.410 e. The van der Waals surface area contributed by atoms with Crippen LogP contribution < -0.4 is 0 Å². The molecule has 0 bridgehead atoms. The molecule has 2 atom stereocenters. The van der Waals surface area contributed by atoms with Gasteiger partial charge in [-0.15, -0.1) is 0 Å². The molecule has 6 heteroatoms. The first-order valence-electron chi connectivity index (χ1n) is 9.36. The number of rotatable bonds is 5. The Kier molecular flexibility index (Phi) is 6.99. The molecule has 0 aromatic heterocycles. The summed E-state index contributed by atoms with van der Waals surface area (Å²) in [5.41, 5.74) is 0.361. The van der Waals surface area contributed by atoms with E-state index in [0.29, 0.717) is 19.4 Å². The van der Waals surface area contributed by atoms with Crippen molar-refractivity contribution in [3.05, 3.63) is 35.9 Å². The summed E-state index contributed by atoms with van der Waals surface area (Å²) < 4.78 is 10.9. The van der Waals surface area contributed by atoms with Crippen molar-refractivity contribution in [2.75, 3.05) is 6.54 Å². The zero-order valence-electron chi connectivity index (χ0n) is 16.6. The van der Waals surface area contributed by atoms with Crippen molar-refractivity contribution in [1.82, 2.24) is 4.90 Å². The van der Waals surface area contributed by atoms with Crippen molar-refractivity contribution in [1.29, 1.82) is 0 Å². The molecular weight excluding hydrogens is 346 g/mol. The number of likely N-dealkylation sites (tertiary alicyclic amines) is 1. The molecule has 1 aromatic carbocycles. The van der Waals surface area contributed by atoms with Crippen LogP contribution in [0.15, 0.2) is 30.3 Å². The van der Waals surface area contributed by atoms with Crippen LogP contribution >= 0.6 is 0 Å². The number of amides is 1. The van der Waals surface area contributed by atoms with Gasteiger partial charge < -0.3 is 14.4 Å². The maximum atomic E-state index is 12.7. The standard InChI is InChI=1S/C21H29NO5/c1-15(23)27-18-11-8-12-22(17(18)13-19(24)21(2,3)4)20(25)26-14-16-9-6-5-7-10-16/h5-7,9-10,17-18H,8,11-14H2,1-4H3/t17-,18+/m0/s1. The van der Waals surface area contributed by atoms with Gasteiger partial charge in [-0.2, -0.15) is 0 Å². The van der Waals surface area contributed by atoms with Crippen LogP contribution in [0.25, 0.3) is 0 Å². The molecule has 1 saturated heterocycles. The highest BCUT2D eigenvalue weighted by molar-refractivity contribution is 5.85. The molecule has 2 rings (SSSR count). The van der Waals surface area contributed by atoms with Gasteiger partial charge in [0.25, 0.3) is 0 Å². The van der Waals surface area contributed by atoms with E-state index in [-0.39, 0.29) is 18.8 Å². The molecule has 1 heterocycles. The molecule has 0 saturated carbocycles. The first-order chi connectivity index (χ1) is 12.7. The van der Waals surface area contributed by atoms with Gasteiger partial charge in [-0.25, -0.2) is 4.79 Å². The van der Waals surface area contributed by atoms with E-state index in [1.807, 2.05) is 51.1 Å². The normalized spacial score (nSPS) is 20.1. The minimum atomic E-state index is -0.530. The average molecular weight is 375 g/mol. The maximum absolute atomic E-state index is 12.7. The lowest BCUT2D eigenvalue weighted by Crippen LogP contribution is -2.53. The number of nitrogens with zero attached hydrogens (tertiary/aromatic N) is 1. The van der Waals surface area contributed by atoms with Gasteiger partial charge in [0.15, 0.2) is 0 Å². The van der Waals surface area contributed by atoms with Crippen molar-refractivity contribution in [2.24, 2.45) is 5.41 Å². The first-order valence-corrected chi connectivity index (χ1v) is 9.36. The summed E-state index contributed by atoms with van der Waals surface area (Å²) in [5, 5.41) is 0. The van der Waals surface area contributed by atoms with Gasteiger partial charge in [0.2, 0.25) is 0 Å². The van der Waals surface area contributed by atoms with Crippen LogP contribution in [0.4, 0.5) is 4.79 Å². The number of Topliss-reactive ketones (excluding diaryl/α,β-unsaturated/α-hetero) is 1. The summed E-state index contributed by atoms with van der Waals surface area (Å²) in [6, 6.07) is 8.92. The van der Waals surface area contributed by atoms with Gasteiger partial charge in [-0.1, -0.05) is 51.1 Å². The van der Waals surface area contributed by atoms with Crippen LogP contribution in [0.3, 0.4) is 0 Å². The summed E-state index contributed by atoms with van der Waals surface area (Å²) in [5.74, 6) is -0.389. The van der Waals surface area contributed by atoms with Gasteiger partial charge in [-0.05, 0) is 18.4 Å². The van der Waals surface area contributed by atoms with Crippen molar-refractivity contribution in [2.45, 2.75) is 65.7 Å². The second-order valence-corrected chi connectivity index (χ2v) is 7.97. The lowest BCUT2D eigenvalue weighted by atomic mass is 9.84. The van der Waals surface area contributed by atoms with E-state index in [9.17, 15) is 14.4 Å². The molecule has 1 aliphatic rings. The largest absolute Gasteiger partial charge is 0.460 e. The van der Waals surface area contributed by atoms with Crippen LogP contribution in [0, 0.1) is 5.41 Å². The van der Waals surface area contributed by atoms with E-state index < -0.39 is 29.6 Å². The average Bonchev–Trinajstić information content (AvgIpc) is 2.60. The molecule has 6 nitrogen and oxygen atoms in total. The van der Waals surface area contributed by atoms with Gasteiger partial charge in [0.05, 0.1) is 6.04 Å². The summed E-state index contributed by atoms with van der Waals surface area (Å²) in [6.45, 7) is 7.52. The van der Waals surface area contributed by atoms with Gasteiger partial charge in [0.1, 0.15) is 18.5 Å². The van der Waals surface area contributed by atoms with Crippen LogP contribution in [0.1, 0.15) is 52.5 Å². The molecule has 1 amide bonds. The minimum absolute atomic E-state index is 0.0208. The molecule has 0 aliphatic carbocycles. The Hall–Kier alpha value is -2.37. The lowest BCUT2D eigenvalue weighted by Gasteiger charge is -2.40. The van der Waals surface area contributed by atoms with Gasteiger partial charge >= 0.3 is 12.1 Å². The number of esters is 1. The van der Waals surface area contributed by atoms with E-state index in [0.717, 1.165) is 5.56 Å². The molecule has 0 N–H and O–H groups in total. The highest BCUT2D eigenvalue weighted by Gasteiger charge is 2.40. The third-order valence-corrected chi connectivity index (χ3v) is 4.71. The molecule has 1 aromatic rings. The lowest BCUT2D eigenvalue weighted by molar-refractivity contribution is -0.153. The molecule has 27 heavy (non-hydrogen) atoms. The molecule has 1 aliphatic heterocycles. The zero-order chi connectivity index (χ0) is 20.0. The quantitative estimate of drug-likeness (QED) is 0.733. The van der Waals surface area contributed by atoms with Crippen LogP contribution in [-0.2, 0) is 25.7 Å². The summed E-state index contributed by atoms with van der Waals surface area (Å²) in [4.78, 5) is 38.3. The Balaban J connectivity index is 2.12. The zero-order valence-corrected chi connectivity index (χ0v) is 16.6. The monoisotopic (exact) mass is 375 g/mol. The fourth-order valence-electron chi connectivity index (χ4n) is 3.14. The third-order valence-electron chi connectivity index (χ3n) is 4.71. The Labute approximate surface area is 160 Å². The van der Waals surface area contributed by atoms with E-state index in [2.05, 4.69) is 0 Å². The van der Waals surface area contributed by atoms with Crippen LogP contribution in [-0.4, -0.2) is 41.4 Å². The fraction of sp³-hybridized carbons (Fsp3) is 0.571. The van der Waals surface area contributed by atoms with Crippen molar-refractivity contribution < 1.29 is 23.9 Å². The number of carbonyl (C=O) groups is 3. The molecule has 148 valence electrons. The van der Waals surface area contributed by atoms with Crippen LogP contribution in [0.5, 0.6) is 0 Å². The van der Waals surface area contributed by atoms with Crippen LogP contribution in [0.2, 0.25) is 0 Å². The summed E-state index contributed by atoms with van der Waals surface area (Å²) in [7, 11) is 0. The topological polar surface area (TPSA) is 72.9 Å². The van der Waals surface area contributed by atoms with Gasteiger partial charge in [-0.3, -0.25) is 9.59 Å². The second-order valence-electron chi connectivity index (χ2n) is 7.97. The third kappa shape index (κ3) is 6.08. The number of ether oxygens (including phenoxy) is 2. The number of hydrogen-bond donors (Lipinski definition) is 0. The Morgan fingerprint density at radius 2 is 1.81 bits per heavy atom. The predicted octanol–water partition coefficient (Wildman–Crippen LogP) is 3.72. The number of ketones is 1.